The molecule has 0 saturated heterocycles. The Morgan fingerprint density at radius 2 is 2.43 bits per heavy atom. The van der Waals surface area contributed by atoms with Crippen molar-refractivity contribution in [1.82, 2.24) is 10.2 Å². The van der Waals surface area contributed by atoms with Crippen LogP contribution in [0.2, 0.25) is 5.02 Å². The first-order chi connectivity index (χ1) is 6.66. The smallest absolute Gasteiger partial charge is 0.265 e. The number of hydrogen-bond acceptors (Lipinski definition) is 3. The van der Waals surface area contributed by atoms with Crippen molar-refractivity contribution >= 4 is 28.8 Å². The van der Waals surface area contributed by atoms with Crippen LogP contribution in [-0.2, 0) is 0 Å². The van der Waals surface area contributed by atoms with Gasteiger partial charge in [0.15, 0.2) is 0 Å². The standard InChI is InChI=1S/C9H13ClN2OS/c1-11-4-5-12(2)9(13)8-7(10)3-6-14-8/h3,6,11H,4-5H2,1-2H3. The second-order valence-electron chi connectivity index (χ2n) is 2.93. The highest BCUT2D eigenvalue weighted by Gasteiger charge is 2.15. The van der Waals surface area contributed by atoms with Gasteiger partial charge in [0.1, 0.15) is 4.88 Å². The van der Waals surface area contributed by atoms with Crippen molar-refractivity contribution in [2.75, 3.05) is 27.2 Å². The molecule has 0 unspecified atom stereocenters. The molecule has 1 heterocycles. The predicted molar refractivity (Wildman–Crippen MR) is 60.2 cm³/mol. The molecule has 1 aromatic rings. The van der Waals surface area contributed by atoms with Crippen molar-refractivity contribution in [3.8, 4) is 0 Å². The zero-order valence-corrected chi connectivity index (χ0v) is 9.78. The summed E-state index contributed by atoms with van der Waals surface area (Å²) in [6, 6.07) is 1.74. The van der Waals surface area contributed by atoms with E-state index < -0.39 is 0 Å². The number of nitrogens with one attached hydrogen (secondary N) is 1. The summed E-state index contributed by atoms with van der Waals surface area (Å²) in [5.74, 6) is -0.0137. The van der Waals surface area contributed by atoms with E-state index in [1.807, 2.05) is 12.4 Å². The lowest BCUT2D eigenvalue weighted by Crippen LogP contribution is -2.32. The Hall–Kier alpha value is -0.580. The summed E-state index contributed by atoms with van der Waals surface area (Å²) in [5, 5.41) is 5.35. The Balaban J connectivity index is 2.61. The molecule has 0 radical (unpaired) electrons. The molecule has 0 spiro atoms. The van der Waals surface area contributed by atoms with Gasteiger partial charge in [0, 0.05) is 20.1 Å². The van der Waals surface area contributed by atoms with Crippen LogP contribution in [0.25, 0.3) is 0 Å². The molecule has 0 fully saturated rings. The first-order valence-electron chi connectivity index (χ1n) is 4.30. The van der Waals surface area contributed by atoms with Crippen molar-refractivity contribution in [2.24, 2.45) is 0 Å². The van der Waals surface area contributed by atoms with Crippen LogP contribution in [0.3, 0.4) is 0 Å². The van der Waals surface area contributed by atoms with E-state index in [9.17, 15) is 4.79 Å². The highest BCUT2D eigenvalue weighted by molar-refractivity contribution is 7.12. The highest BCUT2D eigenvalue weighted by Crippen LogP contribution is 2.22. The molecule has 0 aromatic carbocycles. The molecule has 3 nitrogen and oxygen atoms in total. The minimum absolute atomic E-state index is 0.0137. The molecule has 0 aliphatic carbocycles. The topological polar surface area (TPSA) is 32.3 Å². The third-order valence-corrected chi connectivity index (χ3v) is 3.18. The van der Waals surface area contributed by atoms with Gasteiger partial charge in [-0.15, -0.1) is 11.3 Å². The third kappa shape index (κ3) is 2.70. The van der Waals surface area contributed by atoms with Crippen LogP contribution in [0.1, 0.15) is 9.67 Å². The lowest BCUT2D eigenvalue weighted by Gasteiger charge is -2.15. The molecule has 1 rings (SSSR count). The monoisotopic (exact) mass is 232 g/mol. The summed E-state index contributed by atoms with van der Waals surface area (Å²) in [5.41, 5.74) is 0. The fourth-order valence-electron chi connectivity index (χ4n) is 1.00. The normalized spacial score (nSPS) is 10.2. The van der Waals surface area contributed by atoms with Crippen molar-refractivity contribution in [2.45, 2.75) is 0 Å². The molecule has 1 amide bonds. The summed E-state index contributed by atoms with van der Waals surface area (Å²) < 4.78 is 0. The van der Waals surface area contributed by atoms with Crippen LogP contribution in [0, 0.1) is 0 Å². The maximum atomic E-state index is 11.8. The second kappa shape index (κ2) is 5.34. The van der Waals surface area contributed by atoms with Crippen LogP contribution >= 0.6 is 22.9 Å². The van der Waals surface area contributed by atoms with Gasteiger partial charge in [0.2, 0.25) is 0 Å². The Morgan fingerprint density at radius 1 is 1.71 bits per heavy atom. The van der Waals surface area contributed by atoms with Gasteiger partial charge in [0.05, 0.1) is 5.02 Å². The molecule has 0 bridgehead atoms. The van der Waals surface area contributed by atoms with Gasteiger partial charge < -0.3 is 10.2 Å². The number of carbonyl (C=O) groups is 1. The molecule has 1 N–H and O–H groups in total. The Kier molecular flexibility index (Phi) is 4.38. The SMILES string of the molecule is CNCCN(C)C(=O)c1sccc1Cl. The lowest BCUT2D eigenvalue weighted by molar-refractivity contribution is 0.0802. The van der Waals surface area contributed by atoms with E-state index in [0.717, 1.165) is 6.54 Å². The van der Waals surface area contributed by atoms with Crippen molar-refractivity contribution in [1.29, 1.82) is 0 Å². The molecule has 14 heavy (non-hydrogen) atoms. The van der Waals surface area contributed by atoms with Gasteiger partial charge in [0.25, 0.3) is 5.91 Å². The Bertz CT molecular complexity index is 314. The zero-order chi connectivity index (χ0) is 10.6. The van der Waals surface area contributed by atoms with Gasteiger partial charge in [-0.25, -0.2) is 0 Å². The number of hydrogen-bond donors (Lipinski definition) is 1. The summed E-state index contributed by atoms with van der Waals surface area (Å²) >= 11 is 7.24. The van der Waals surface area contributed by atoms with Crippen LogP contribution in [0.15, 0.2) is 11.4 Å². The minimum atomic E-state index is -0.0137. The first kappa shape index (κ1) is 11.5. The van der Waals surface area contributed by atoms with Gasteiger partial charge >= 0.3 is 0 Å². The average Bonchev–Trinajstić information content (AvgIpc) is 2.59. The Labute approximate surface area is 92.7 Å². The lowest BCUT2D eigenvalue weighted by atomic mass is 10.4. The molecule has 0 saturated carbocycles. The highest BCUT2D eigenvalue weighted by atomic mass is 35.5. The summed E-state index contributed by atoms with van der Waals surface area (Å²) in [6.45, 7) is 1.47. The van der Waals surface area contributed by atoms with E-state index >= 15 is 0 Å². The second-order valence-corrected chi connectivity index (χ2v) is 4.25. The average molecular weight is 233 g/mol. The van der Waals surface area contributed by atoms with Gasteiger partial charge in [-0.1, -0.05) is 11.6 Å². The summed E-state index contributed by atoms with van der Waals surface area (Å²) in [6.07, 6.45) is 0. The fraction of sp³-hybridized carbons (Fsp3) is 0.444. The maximum absolute atomic E-state index is 11.8. The van der Waals surface area contributed by atoms with Crippen molar-refractivity contribution < 1.29 is 4.79 Å². The van der Waals surface area contributed by atoms with E-state index in [2.05, 4.69) is 5.32 Å². The predicted octanol–water partition coefficient (Wildman–Crippen LogP) is 1.69. The Morgan fingerprint density at radius 3 is 2.93 bits per heavy atom. The molecular formula is C9H13ClN2OS. The largest absolute Gasteiger partial charge is 0.340 e. The van der Waals surface area contributed by atoms with E-state index in [-0.39, 0.29) is 5.91 Å². The number of thiophene rings is 1. The third-order valence-electron chi connectivity index (χ3n) is 1.86. The van der Waals surface area contributed by atoms with Gasteiger partial charge in [-0.3, -0.25) is 4.79 Å². The molecule has 0 aliphatic rings. The number of carbonyl (C=O) groups excluding carboxylic acids is 1. The molecule has 0 atom stereocenters. The van der Waals surface area contributed by atoms with Crippen molar-refractivity contribution in [3.05, 3.63) is 21.3 Å². The molecular weight excluding hydrogens is 220 g/mol. The molecule has 1 aromatic heterocycles. The zero-order valence-electron chi connectivity index (χ0n) is 8.21. The maximum Gasteiger partial charge on any atom is 0.265 e. The number of nitrogens with zero attached hydrogens (tertiary/aromatic N) is 1. The van der Waals surface area contributed by atoms with E-state index in [1.165, 1.54) is 11.3 Å². The van der Waals surface area contributed by atoms with E-state index in [0.29, 0.717) is 16.4 Å². The first-order valence-corrected chi connectivity index (χ1v) is 5.55. The van der Waals surface area contributed by atoms with Gasteiger partial charge in [-0.2, -0.15) is 0 Å². The number of likely N-dealkylation sites (N-methyl/N-ethyl adjacent to an activating group) is 2. The molecule has 5 heteroatoms. The number of amides is 1. The van der Waals surface area contributed by atoms with Crippen LogP contribution in [0.4, 0.5) is 0 Å². The number of rotatable bonds is 4. The van der Waals surface area contributed by atoms with Gasteiger partial charge in [-0.05, 0) is 18.5 Å². The van der Waals surface area contributed by atoms with Crippen LogP contribution in [0.5, 0.6) is 0 Å². The van der Waals surface area contributed by atoms with E-state index in [1.54, 1.807) is 18.0 Å². The summed E-state index contributed by atoms with van der Waals surface area (Å²) in [7, 11) is 3.63. The minimum Gasteiger partial charge on any atom is -0.340 e. The van der Waals surface area contributed by atoms with E-state index in [4.69, 9.17) is 11.6 Å². The molecule has 78 valence electrons. The van der Waals surface area contributed by atoms with Crippen molar-refractivity contribution in [3.63, 3.8) is 0 Å². The number of halogens is 1. The van der Waals surface area contributed by atoms with Crippen LogP contribution < -0.4 is 5.32 Å². The summed E-state index contributed by atoms with van der Waals surface area (Å²) in [4.78, 5) is 14.0. The quantitative estimate of drug-likeness (QED) is 0.857. The molecule has 0 aliphatic heterocycles. The fourth-order valence-corrected chi connectivity index (χ4v) is 2.13. The van der Waals surface area contributed by atoms with Crippen LogP contribution in [-0.4, -0.2) is 38.0 Å².